The highest BCUT2D eigenvalue weighted by Crippen LogP contribution is 2.20. The predicted octanol–water partition coefficient (Wildman–Crippen LogP) is 2.98. The maximum absolute atomic E-state index is 10.8. The molecule has 0 aliphatic heterocycles. The fourth-order valence-corrected chi connectivity index (χ4v) is 1.54. The van der Waals surface area contributed by atoms with Crippen molar-refractivity contribution >= 4 is 23.1 Å². The van der Waals surface area contributed by atoms with Crippen LogP contribution >= 0.6 is 0 Å². The predicted molar refractivity (Wildman–Crippen MR) is 68.9 cm³/mol. The molecule has 0 saturated heterocycles. The molecule has 0 bridgehead atoms. The van der Waals surface area contributed by atoms with E-state index in [1.807, 2.05) is 0 Å². The van der Waals surface area contributed by atoms with E-state index in [0.29, 0.717) is 23.0 Å². The lowest BCUT2D eigenvalue weighted by molar-refractivity contribution is 0.0697. The van der Waals surface area contributed by atoms with Crippen LogP contribution in [0.1, 0.15) is 30.6 Å². The number of nitrogens with zero attached hydrogens (tertiary/aromatic N) is 1. The Morgan fingerprint density at radius 3 is 3.00 bits per heavy atom. The lowest BCUT2D eigenvalue weighted by Gasteiger charge is -2.07. The van der Waals surface area contributed by atoms with Crippen molar-refractivity contribution in [2.24, 2.45) is 5.92 Å². The first kappa shape index (κ1) is 12.4. The quantitative estimate of drug-likeness (QED) is 0.850. The van der Waals surface area contributed by atoms with Crippen LogP contribution in [0, 0.1) is 5.92 Å². The highest BCUT2D eigenvalue weighted by atomic mass is 16.4. The Balaban J connectivity index is 2.19. The summed E-state index contributed by atoms with van der Waals surface area (Å²) < 4.78 is 5.47. The van der Waals surface area contributed by atoms with Gasteiger partial charge in [-0.2, -0.15) is 4.98 Å². The summed E-state index contributed by atoms with van der Waals surface area (Å²) in [6.45, 7) is 5.05. The molecule has 0 aliphatic rings. The summed E-state index contributed by atoms with van der Waals surface area (Å²) >= 11 is 0. The van der Waals surface area contributed by atoms with Gasteiger partial charge in [-0.15, -0.1) is 0 Å². The molecule has 2 rings (SSSR count). The van der Waals surface area contributed by atoms with Crippen LogP contribution in [0.4, 0.5) is 6.01 Å². The minimum absolute atomic E-state index is 0.201. The molecule has 0 aliphatic carbocycles. The van der Waals surface area contributed by atoms with Crippen molar-refractivity contribution in [3.05, 3.63) is 23.8 Å². The van der Waals surface area contributed by atoms with E-state index in [-0.39, 0.29) is 5.56 Å². The monoisotopic (exact) mass is 248 g/mol. The summed E-state index contributed by atoms with van der Waals surface area (Å²) in [7, 11) is 0. The maximum atomic E-state index is 10.8. The largest absolute Gasteiger partial charge is 0.478 e. The van der Waals surface area contributed by atoms with Gasteiger partial charge in [0.25, 0.3) is 6.01 Å². The summed E-state index contributed by atoms with van der Waals surface area (Å²) in [4.78, 5) is 15.1. The molecule has 2 N–H and O–H groups in total. The first-order valence-corrected chi connectivity index (χ1v) is 5.98. The van der Waals surface area contributed by atoms with E-state index in [4.69, 9.17) is 9.52 Å². The molecule has 1 unspecified atom stereocenters. The van der Waals surface area contributed by atoms with Crippen LogP contribution in [0.3, 0.4) is 0 Å². The van der Waals surface area contributed by atoms with Gasteiger partial charge in [0.05, 0.1) is 5.56 Å². The zero-order valence-corrected chi connectivity index (χ0v) is 10.4. The summed E-state index contributed by atoms with van der Waals surface area (Å²) in [6.07, 6.45) is 1.08. The lowest BCUT2D eigenvalue weighted by Crippen LogP contribution is -2.10. The third-order valence-electron chi connectivity index (χ3n) is 2.93. The first-order chi connectivity index (χ1) is 8.60. The summed E-state index contributed by atoms with van der Waals surface area (Å²) in [5.74, 6) is -0.433. The molecule has 1 atom stereocenters. The van der Waals surface area contributed by atoms with Gasteiger partial charge in [0.2, 0.25) is 0 Å². The number of hydrogen-bond donors (Lipinski definition) is 2. The number of rotatable bonds is 5. The van der Waals surface area contributed by atoms with Gasteiger partial charge >= 0.3 is 5.97 Å². The van der Waals surface area contributed by atoms with Crippen LogP contribution in [-0.4, -0.2) is 22.6 Å². The van der Waals surface area contributed by atoms with Gasteiger partial charge in [-0.1, -0.05) is 20.3 Å². The average Bonchev–Trinajstić information content (AvgIpc) is 2.77. The van der Waals surface area contributed by atoms with Crippen molar-refractivity contribution < 1.29 is 14.3 Å². The first-order valence-electron chi connectivity index (χ1n) is 5.98. The molecule has 0 spiro atoms. The fraction of sp³-hybridized carbons (Fsp3) is 0.385. The smallest absolute Gasteiger partial charge is 0.335 e. The molecular formula is C13H16N2O3. The Kier molecular flexibility index (Phi) is 3.50. The second kappa shape index (κ2) is 5.08. The third-order valence-corrected chi connectivity index (χ3v) is 2.93. The minimum atomic E-state index is -0.970. The van der Waals surface area contributed by atoms with E-state index in [0.717, 1.165) is 13.0 Å². The van der Waals surface area contributed by atoms with Crippen molar-refractivity contribution in [1.29, 1.82) is 0 Å². The molecule has 0 fully saturated rings. The number of anilines is 1. The second-order valence-corrected chi connectivity index (χ2v) is 4.40. The molecular weight excluding hydrogens is 232 g/mol. The topological polar surface area (TPSA) is 75.4 Å². The number of benzene rings is 1. The third kappa shape index (κ3) is 2.61. The number of aromatic nitrogens is 1. The Morgan fingerprint density at radius 2 is 2.33 bits per heavy atom. The molecule has 0 amide bonds. The van der Waals surface area contributed by atoms with E-state index >= 15 is 0 Å². The van der Waals surface area contributed by atoms with Crippen LogP contribution < -0.4 is 5.32 Å². The van der Waals surface area contributed by atoms with E-state index in [2.05, 4.69) is 24.1 Å². The molecule has 0 radical (unpaired) electrons. The SMILES string of the molecule is CCC(C)CNc1nc2ccc(C(=O)O)cc2o1. The van der Waals surface area contributed by atoms with E-state index in [1.54, 1.807) is 6.07 Å². The molecule has 18 heavy (non-hydrogen) atoms. The standard InChI is InChI=1S/C13H16N2O3/c1-3-8(2)7-14-13-15-10-5-4-9(12(16)17)6-11(10)18-13/h4-6,8H,3,7H2,1-2H3,(H,14,15)(H,16,17). The van der Waals surface area contributed by atoms with Gasteiger partial charge in [0.15, 0.2) is 5.58 Å². The normalized spacial score (nSPS) is 12.6. The summed E-state index contributed by atoms with van der Waals surface area (Å²) in [6, 6.07) is 5.09. The average molecular weight is 248 g/mol. The number of hydrogen-bond acceptors (Lipinski definition) is 4. The van der Waals surface area contributed by atoms with Crippen molar-refractivity contribution in [1.82, 2.24) is 4.98 Å². The molecule has 2 aromatic rings. The lowest BCUT2D eigenvalue weighted by atomic mass is 10.1. The number of carboxylic acids is 1. The molecule has 96 valence electrons. The number of carbonyl (C=O) groups is 1. The van der Waals surface area contributed by atoms with Crippen molar-refractivity contribution in [3.8, 4) is 0 Å². The Hall–Kier alpha value is -2.04. The van der Waals surface area contributed by atoms with Gasteiger partial charge in [-0.25, -0.2) is 4.79 Å². The van der Waals surface area contributed by atoms with Gasteiger partial charge in [-0.3, -0.25) is 0 Å². The van der Waals surface area contributed by atoms with Crippen LogP contribution in [0.25, 0.3) is 11.1 Å². The van der Waals surface area contributed by atoms with E-state index in [9.17, 15) is 4.79 Å². The van der Waals surface area contributed by atoms with Crippen LogP contribution in [-0.2, 0) is 0 Å². The van der Waals surface area contributed by atoms with Crippen molar-refractivity contribution in [3.63, 3.8) is 0 Å². The summed E-state index contributed by atoms with van der Waals surface area (Å²) in [5, 5.41) is 12.0. The Morgan fingerprint density at radius 1 is 1.56 bits per heavy atom. The van der Waals surface area contributed by atoms with Crippen LogP contribution in [0.15, 0.2) is 22.6 Å². The van der Waals surface area contributed by atoms with Gasteiger partial charge < -0.3 is 14.8 Å². The van der Waals surface area contributed by atoms with E-state index in [1.165, 1.54) is 12.1 Å². The maximum Gasteiger partial charge on any atom is 0.335 e. The van der Waals surface area contributed by atoms with Crippen molar-refractivity contribution in [2.45, 2.75) is 20.3 Å². The highest BCUT2D eigenvalue weighted by molar-refractivity contribution is 5.92. The number of aromatic carboxylic acids is 1. The van der Waals surface area contributed by atoms with Crippen LogP contribution in [0.5, 0.6) is 0 Å². The fourth-order valence-electron chi connectivity index (χ4n) is 1.54. The second-order valence-electron chi connectivity index (χ2n) is 4.40. The number of oxazole rings is 1. The molecule has 0 saturated carbocycles. The minimum Gasteiger partial charge on any atom is -0.478 e. The Labute approximate surface area is 105 Å². The molecule has 1 heterocycles. The molecule has 1 aromatic carbocycles. The molecule has 5 heteroatoms. The number of carboxylic acid groups (broad SMARTS) is 1. The van der Waals surface area contributed by atoms with Gasteiger partial charge in [0.1, 0.15) is 5.52 Å². The zero-order chi connectivity index (χ0) is 13.1. The summed E-state index contributed by atoms with van der Waals surface area (Å²) in [5.41, 5.74) is 1.35. The van der Waals surface area contributed by atoms with E-state index < -0.39 is 5.97 Å². The van der Waals surface area contributed by atoms with Crippen molar-refractivity contribution in [2.75, 3.05) is 11.9 Å². The van der Waals surface area contributed by atoms with Crippen LogP contribution in [0.2, 0.25) is 0 Å². The number of fused-ring (bicyclic) bond motifs is 1. The highest BCUT2D eigenvalue weighted by Gasteiger charge is 2.10. The zero-order valence-electron chi connectivity index (χ0n) is 10.4. The number of nitrogens with one attached hydrogen (secondary N) is 1. The van der Waals surface area contributed by atoms with Gasteiger partial charge in [-0.05, 0) is 24.1 Å². The van der Waals surface area contributed by atoms with Gasteiger partial charge in [0, 0.05) is 6.54 Å². The molecule has 5 nitrogen and oxygen atoms in total. The Bertz CT molecular complexity index is 562. The molecule has 1 aromatic heterocycles.